The van der Waals surface area contributed by atoms with E-state index in [9.17, 15) is 0 Å². The fourth-order valence-electron chi connectivity index (χ4n) is 1.53. The van der Waals surface area contributed by atoms with Crippen molar-refractivity contribution in [2.24, 2.45) is 11.7 Å². The standard InChI is InChI=1S/C8H17N.CH2O2/c1-7-5-3-4-6-8(7,2)9;2-1-3/h7H,3-6,9H2,1-2H3;1H,(H,2,3). The molecule has 0 spiro atoms. The van der Waals surface area contributed by atoms with Crippen molar-refractivity contribution >= 4 is 6.47 Å². The Bertz CT molecular complexity index is 134. The minimum absolute atomic E-state index is 0.137. The molecule has 2 unspecified atom stereocenters. The van der Waals surface area contributed by atoms with Crippen molar-refractivity contribution in [2.75, 3.05) is 0 Å². The zero-order valence-corrected chi connectivity index (χ0v) is 7.92. The van der Waals surface area contributed by atoms with Gasteiger partial charge in [0.15, 0.2) is 0 Å². The summed E-state index contributed by atoms with van der Waals surface area (Å²) in [4.78, 5) is 8.36. The van der Waals surface area contributed by atoms with Crippen LogP contribution in [0, 0.1) is 5.92 Å². The minimum Gasteiger partial charge on any atom is -0.483 e. The fourth-order valence-corrected chi connectivity index (χ4v) is 1.53. The lowest BCUT2D eigenvalue weighted by Crippen LogP contribution is -2.44. The molecule has 0 saturated heterocycles. The van der Waals surface area contributed by atoms with Gasteiger partial charge in [-0.15, -0.1) is 0 Å². The van der Waals surface area contributed by atoms with Crippen LogP contribution in [0.1, 0.15) is 39.5 Å². The number of nitrogens with two attached hydrogens (primary N) is 1. The molecular formula is C9H19NO2. The number of carbonyl (C=O) groups is 1. The average molecular weight is 173 g/mol. The summed E-state index contributed by atoms with van der Waals surface area (Å²) >= 11 is 0. The van der Waals surface area contributed by atoms with Gasteiger partial charge >= 0.3 is 0 Å². The van der Waals surface area contributed by atoms with Gasteiger partial charge in [-0.3, -0.25) is 4.79 Å². The lowest BCUT2D eigenvalue weighted by atomic mass is 9.76. The van der Waals surface area contributed by atoms with Gasteiger partial charge in [0.25, 0.3) is 6.47 Å². The van der Waals surface area contributed by atoms with Gasteiger partial charge in [0, 0.05) is 5.54 Å². The van der Waals surface area contributed by atoms with Crippen LogP contribution in [0.4, 0.5) is 0 Å². The second-order valence-electron chi connectivity index (χ2n) is 3.76. The zero-order valence-electron chi connectivity index (χ0n) is 7.92. The molecule has 3 N–H and O–H groups in total. The van der Waals surface area contributed by atoms with Crippen molar-refractivity contribution in [3.8, 4) is 0 Å². The van der Waals surface area contributed by atoms with E-state index in [0.29, 0.717) is 0 Å². The van der Waals surface area contributed by atoms with Crippen molar-refractivity contribution in [1.29, 1.82) is 0 Å². The Labute approximate surface area is 74.0 Å². The Morgan fingerprint density at radius 2 is 2.08 bits per heavy atom. The molecule has 0 aromatic carbocycles. The van der Waals surface area contributed by atoms with E-state index < -0.39 is 0 Å². The highest BCUT2D eigenvalue weighted by atomic mass is 16.3. The molecule has 72 valence electrons. The maximum absolute atomic E-state index is 8.36. The highest BCUT2D eigenvalue weighted by Gasteiger charge is 2.28. The summed E-state index contributed by atoms with van der Waals surface area (Å²) in [6.07, 6.45) is 5.26. The van der Waals surface area contributed by atoms with Crippen LogP contribution < -0.4 is 5.73 Å². The predicted molar refractivity (Wildman–Crippen MR) is 48.9 cm³/mol. The summed E-state index contributed by atoms with van der Waals surface area (Å²) in [6.45, 7) is 4.19. The Morgan fingerprint density at radius 3 is 2.33 bits per heavy atom. The molecule has 0 heterocycles. The monoisotopic (exact) mass is 173 g/mol. The molecule has 12 heavy (non-hydrogen) atoms. The summed E-state index contributed by atoms with van der Waals surface area (Å²) in [7, 11) is 0. The average Bonchev–Trinajstić information content (AvgIpc) is 1.97. The number of hydrogen-bond acceptors (Lipinski definition) is 2. The lowest BCUT2D eigenvalue weighted by molar-refractivity contribution is -0.122. The fraction of sp³-hybridized carbons (Fsp3) is 0.889. The van der Waals surface area contributed by atoms with Crippen molar-refractivity contribution in [3.05, 3.63) is 0 Å². The molecule has 0 aliphatic heterocycles. The zero-order chi connectivity index (χ0) is 9.61. The number of hydrogen-bond donors (Lipinski definition) is 2. The Hall–Kier alpha value is -0.570. The molecule has 1 rings (SSSR count). The third-order valence-corrected chi connectivity index (χ3v) is 2.73. The first-order valence-electron chi connectivity index (χ1n) is 4.41. The van der Waals surface area contributed by atoms with Crippen LogP contribution in [0.15, 0.2) is 0 Å². The summed E-state index contributed by atoms with van der Waals surface area (Å²) in [6, 6.07) is 0. The van der Waals surface area contributed by atoms with Crippen molar-refractivity contribution in [2.45, 2.75) is 45.1 Å². The molecule has 0 aromatic rings. The van der Waals surface area contributed by atoms with Gasteiger partial charge in [0.05, 0.1) is 0 Å². The second-order valence-corrected chi connectivity index (χ2v) is 3.76. The van der Waals surface area contributed by atoms with Crippen molar-refractivity contribution in [3.63, 3.8) is 0 Å². The van der Waals surface area contributed by atoms with Crippen LogP contribution in [-0.2, 0) is 4.79 Å². The van der Waals surface area contributed by atoms with Crippen LogP contribution in [-0.4, -0.2) is 17.1 Å². The Morgan fingerprint density at radius 1 is 1.58 bits per heavy atom. The third kappa shape index (κ3) is 3.72. The largest absolute Gasteiger partial charge is 0.483 e. The molecule has 2 atom stereocenters. The molecule has 3 nitrogen and oxygen atoms in total. The van der Waals surface area contributed by atoms with E-state index in [4.69, 9.17) is 15.6 Å². The number of rotatable bonds is 0. The SMILES string of the molecule is CC1CCCCC1(C)N.O=CO. The molecule has 0 aromatic heterocycles. The van der Waals surface area contributed by atoms with E-state index in [-0.39, 0.29) is 12.0 Å². The molecule has 0 bridgehead atoms. The van der Waals surface area contributed by atoms with Crippen molar-refractivity contribution in [1.82, 2.24) is 0 Å². The first-order valence-corrected chi connectivity index (χ1v) is 4.41. The summed E-state index contributed by atoms with van der Waals surface area (Å²) < 4.78 is 0. The highest BCUT2D eigenvalue weighted by molar-refractivity contribution is 5.32. The second kappa shape index (κ2) is 5.14. The highest BCUT2D eigenvalue weighted by Crippen LogP contribution is 2.30. The first kappa shape index (κ1) is 11.4. The molecule has 0 amide bonds. The van der Waals surface area contributed by atoms with Crippen LogP contribution >= 0.6 is 0 Å². The third-order valence-electron chi connectivity index (χ3n) is 2.73. The van der Waals surface area contributed by atoms with E-state index in [0.717, 1.165) is 5.92 Å². The van der Waals surface area contributed by atoms with Gasteiger partial charge in [-0.25, -0.2) is 0 Å². The van der Waals surface area contributed by atoms with E-state index >= 15 is 0 Å². The van der Waals surface area contributed by atoms with Gasteiger partial charge in [0.1, 0.15) is 0 Å². The smallest absolute Gasteiger partial charge is 0.290 e. The normalized spacial score (nSPS) is 34.8. The van der Waals surface area contributed by atoms with Crippen molar-refractivity contribution < 1.29 is 9.90 Å². The van der Waals surface area contributed by atoms with Crippen LogP contribution in [0.3, 0.4) is 0 Å². The molecular weight excluding hydrogens is 154 g/mol. The maximum atomic E-state index is 8.36. The summed E-state index contributed by atoms with van der Waals surface area (Å²) in [5, 5.41) is 6.89. The maximum Gasteiger partial charge on any atom is 0.290 e. The van der Waals surface area contributed by atoms with Gasteiger partial charge in [-0.05, 0) is 25.7 Å². The lowest BCUT2D eigenvalue weighted by Gasteiger charge is -2.35. The molecule has 1 aliphatic carbocycles. The van der Waals surface area contributed by atoms with E-state index in [1.807, 2.05) is 0 Å². The van der Waals surface area contributed by atoms with E-state index in [2.05, 4.69) is 13.8 Å². The summed E-state index contributed by atoms with van der Waals surface area (Å²) in [5.41, 5.74) is 6.16. The quantitative estimate of drug-likeness (QED) is 0.547. The molecule has 1 aliphatic rings. The van der Waals surface area contributed by atoms with Gasteiger partial charge in [-0.1, -0.05) is 19.8 Å². The van der Waals surface area contributed by atoms with Gasteiger partial charge < -0.3 is 10.8 Å². The minimum atomic E-state index is -0.250. The van der Waals surface area contributed by atoms with Crippen LogP contribution in [0.25, 0.3) is 0 Å². The van der Waals surface area contributed by atoms with Gasteiger partial charge in [-0.2, -0.15) is 0 Å². The van der Waals surface area contributed by atoms with E-state index in [1.54, 1.807) is 0 Å². The molecule has 1 fully saturated rings. The Kier molecular flexibility index (Phi) is 4.90. The first-order chi connectivity index (χ1) is 5.54. The van der Waals surface area contributed by atoms with Gasteiger partial charge in [0.2, 0.25) is 0 Å². The van der Waals surface area contributed by atoms with Crippen LogP contribution in [0.5, 0.6) is 0 Å². The predicted octanol–water partition coefficient (Wildman–Crippen LogP) is 1.61. The molecule has 1 saturated carbocycles. The molecule has 0 radical (unpaired) electrons. The number of carboxylic acid groups (broad SMARTS) is 1. The van der Waals surface area contributed by atoms with Crippen LogP contribution in [0.2, 0.25) is 0 Å². The van der Waals surface area contributed by atoms with E-state index in [1.165, 1.54) is 25.7 Å². The Balaban J connectivity index is 0.000000354. The topological polar surface area (TPSA) is 63.3 Å². The molecule has 3 heteroatoms. The summed E-state index contributed by atoms with van der Waals surface area (Å²) in [5.74, 6) is 0.728.